The molecule has 2 aliphatic heterocycles. The first-order valence-corrected chi connectivity index (χ1v) is 14.2. The van der Waals surface area contributed by atoms with E-state index >= 15 is 0 Å². The Labute approximate surface area is 246 Å². The maximum absolute atomic E-state index is 10.3. The molecule has 0 saturated carbocycles. The predicted octanol–water partition coefficient (Wildman–Crippen LogP) is 6.29. The fourth-order valence-electron chi connectivity index (χ4n) is 5.83. The second-order valence-electron chi connectivity index (χ2n) is 10.9. The Bertz CT molecular complexity index is 1370. The third-order valence-electron chi connectivity index (χ3n) is 7.70. The van der Waals surface area contributed by atoms with Crippen LogP contribution in [-0.4, -0.2) is 47.9 Å². The summed E-state index contributed by atoms with van der Waals surface area (Å²) in [5, 5.41) is 14.0. The van der Waals surface area contributed by atoms with Gasteiger partial charge >= 0.3 is 0 Å². The zero-order valence-electron chi connectivity index (χ0n) is 23.7. The van der Waals surface area contributed by atoms with Gasteiger partial charge < -0.3 is 28.9 Å². The topological polar surface area (TPSA) is 78.7 Å². The number of oxime groups is 1. The lowest BCUT2D eigenvalue weighted by atomic mass is 9.80. The summed E-state index contributed by atoms with van der Waals surface area (Å²) in [6.45, 7) is 4.01. The molecule has 7 heteroatoms. The standard InChI is InChI=1S/C35H35NO6/c1-34(2)41-31-30(40-33(32(31)42-34)38-23-25-15-7-3-8-16-25)29(36-37)24-39-35(26-17-9-4-10-18-26,27-19-11-5-12-20-27)28-21-13-6-14-22-28/h3-22,30-33,37H,23-24H2,1-2H3/b36-29+/t30-,31?,32-,33+/m1/s1. The Morgan fingerprint density at radius 2 is 1.21 bits per heavy atom. The molecule has 0 spiro atoms. The monoisotopic (exact) mass is 565 g/mol. The highest BCUT2D eigenvalue weighted by Crippen LogP contribution is 2.42. The molecule has 2 heterocycles. The van der Waals surface area contributed by atoms with Crippen LogP contribution in [0.5, 0.6) is 0 Å². The molecule has 2 aliphatic rings. The van der Waals surface area contributed by atoms with E-state index in [0.29, 0.717) is 6.61 Å². The maximum atomic E-state index is 10.3. The van der Waals surface area contributed by atoms with Gasteiger partial charge in [0.15, 0.2) is 12.1 Å². The molecular weight excluding hydrogens is 530 g/mol. The van der Waals surface area contributed by atoms with Crippen LogP contribution in [0, 0.1) is 0 Å². The minimum absolute atomic E-state index is 0.0434. The van der Waals surface area contributed by atoms with Crippen LogP contribution in [0.4, 0.5) is 0 Å². The molecule has 4 aromatic carbocycles. The molecule has 0 radical (unpaired) electrons. The summed E-state index contributed by atoms with van der Waals surface area (Å²) >= 11 is 0. The molecule has 1 unspecified atom stereocenters. The highest BCUT2D eigenvalue weighted by molar-refractivity contribution is 5.90. The van der Waals surface area contributed by atoms with Gasteiger partial charge in [-0.15, -0.1) is 0 Å². The van der Waals surface area contributed by atoms with E-state index in [4.69, 9.17) is 23.7 Å². The summed E-state index contributed by atoms with van der Waals surface area (Å²) < 4.78 is 31.9. The van der Waals surface area contributed by atoms with Crippen LogP contribution in [0.25, 0.3) is 0 Å². The average Bonchev–Trinajstić information content (AvgIpc) is 3.53. The molecule has 0 amide bonds. The third kappa shape index (κ3) is 5.62. The first-order chi connectivity index (χ1) is 20.5. The van der Waals surface area contributed by atoms with Crippen molar-refractivity contribution in [3.63, 3.8) is 0 Å². The van der Waals surface area contributed by atoms with Gasteiger partial charge in [0.25, 0.3) is 0 Å². The van der Waals surface area contributed by atoms with E-state index in [1.165, 1.54) is 0 Å². The van der Waals surface area contributed by atoms with Gasteiger partial charge in [-0.25, -0.2) is 0 Å². The fraction of sp³-hybridized carbons (Fsp3) is 0.286. The van der Waals surface area contributed by atoms with Crippen molar-refractivity contribution in [2.24, 2.45) is 5.16 Å². The molecule has 7 nitrogen and oxygen atoms in total. The molecule has 4 aromatic rings. The van der Waals surface area contributed by atoms with Gasteiger partial charge in [0.1, 0.15) is 29.6 Å². The van der Waals surface area contributed by atoms with E-state index in [2.05, 4.69) is 5.16 Å². The van der Waals surface area contributed by atoms with Crippen molar-refractivity contribution in [1.82, 2.24) is 0 Å². The molecular formula is C35H35NO6. The van der Waals surface area contributed by atoms with Gasteiger partial charge in [-0.05, 0) is 36.1 Å². The van der Waals surface area contributed by atoms with E-state index in [1.54, 1.807) is 0 Å². The van der Waals surface area contributed by atoms with Crippen molar-refractivity contribution in [3.8, 4) is 0 Å². The normalized spacial score (nSPS) is 23.5. The molecule has 42 heavy (non-hydrogen) atoms. The molecule has 2 fully saturated rings. The summed E-state index contributed by atoms with van der Waals surface area (Å²) in [5.41, 5.74) is 3.12. The summed E-state index contributed by atoms with van der Waals surface area (Å²) in [6, 6.07) is 40.0. The predicted molar refractivity (Wildman–Crippen MR) is 158 cm³/mol. The minimum atomic E-state index is -0.993. The quantitative estimate of drug-likeness (QED) is 0.105. The van der Waals surface area contributed by atoms with Gasteiger partial charge in [0.05, 0.1) is 13.2 Å². The first-order valence-electron chi connectivity index (χ1n) is 14.2. The van der Waals surface area contributed by atoms with E-state index in [0.717, 1.165) is 22.3 Å². The van der Waals surface area contributed by atoms with Gasteiger partial charge in [0, 0.05) is 0 Å². The van der Waals surface area contributed by atoms with Gasteiger partial charge in [-0.2, -0.15) is 0 Å². The first kappa shape index (κ1) is 28.3. The summed E-state index contributed by atoms with van der Waals surface area (Å²) in [5.74, 6) is -0.852. The van der Waals surface area contributed by atoms with Crippen LogP contribution in [0.15, 0.2) is 126 Å². The number of hydrogen-bond donors (Lipinski definition) is 1. The molecule has 2 saturated heterocycles. The van der Waals surface area contributed by atoms with Crippen LogP contribution >= 0.6 is 0 Å². The van der Waals surface area contributed by atoms with Crippen molar-refractivity contribution >= 4 is 5.71 Å². The van der Waals surface area contributed by atoms with Gasteiger partial charge in [-0.1, -0.05) is 126 Å². The number of rotatable bonds is 10. The Balaban J connectivity index is 1.31. The van der Waals surface area contributed by atoms with Crippen molar-refractivity contribution in [1.29, 1.82) is 0 Å². The average molecular weight is 566 g/mol. The summed E-state index contributed by atoms with van der Waals surface area (Å²) in [7, 11) is 0. The van der Waals surface area contributed by atoms with Crippen LogP contribution in [0.3, 0.4) is 0 Å². The second kappa shape index (κ2) is 12.2. The Kier molecular flexibility index (Phi) is 8.20. The largest absolute Gasteiger partial charge is 0.411 e. The minimum Gasteiger partial charge on any atom is -0.411 e. The van der Waals surface area contributed by atoms with E-state index in [-0.39, 0.29) is 12.3 Å². The maximum Gasteiger partial charge on any atom is 0.187 e. The number of benzene rings is 4. The Hall–Kier alpha value is -3.85. The van der Waals surface area contributed by atoms with Crippen molar-refractivity contribution < 1.29 is 28.9 Å². The molecule has 1 N–H and O–H groups in total. The Morgan fingerprint density at radius 3 is 1.71 bits per heavy atom. The highest BCUT2D eigenvalue weighted by Gasteiger charge is 2.57. The van der Waals surface area contributed by atoms with Crippen LogP contribution in [0.2, 0.25) is 0 Å². The van der Waals surface area contributed by atoms with Crippen LogP contribution in [-0.2, 0) is 35.9 Å². The van der Waals surface area contributed by atoms with Crippen molar-refractivity contribution in [3.05, 3.63) is 144 Å². The second-order valence-corrected chi connectivity index (χ2v) is 10.9. The number of fused-ring (bicyclic) bond motifs is 1. The summed E-state index contributed by atoms with van der Waals surface area (Å²) in [6.07, 6.45) is -2.52. The Morgan fingerprint density at radius 1 is 0.738 bits per heavy atom. The smallest absolute Gasteiger partial charge is 0.187 e. The van der Waals surface area contributed by atoms with Gasteiger partial charge in [0.2, 0.25) is 0 Å². The number of hydrogen-bond acceptors (Lipinski definition) is 7. The molecule has 4 atom stereocenters. The van der Waals surface area contributed by atoms with E-state index < -0.39 is 36.0 Å². The highest BCUT2D eigenvalue weighted by atomic mass is 16.8. The van der Waals surface area contributed by atoms with E-state index in [9.17, 15) is 5.21 Å². The lowest BCUT2D eigenvalue weighted by molar-refractivity contribution is -0.229. The molecule has 216 valence electrons. The lowest BCUT2D eigenvalue weighted by Crippen LogP contribution is -2.41. The molecule has 0 aromatic heterocycles. The number of nitrogens with zero attached hydrogens (tertiary/aromatic N) is 1. The molecule has 0 aliphatic carbocycles. The van der Waals surface area contributed by atoms with Crippen molar-refractivity contribution in [2.45, 2.75) is 56.4 Å². The fourth-order valence-corrected chi connectivity index (χ4v) is 5.83. The zero-order chi connectivity index (χ0) is 29.0. The molecule has 0 bridgehead atoms. The zero-order valence-corrected chi connectivity index (χ0v) is 23.7. The van der Waals surface area contributed by atoms with E-state index in [1.807, 2.05) is 135 Å². The molecule has 6 rings (SSSR count). The van der Waals surface area contributed by atoms with Crippen molar-refractivity contribution in [2.75, 3.05) is 6.61 Å². The van der Waals surface area contributed by atoms with Gasteiger partial charge in [-0.3, -0.25) is 0 Å². The lowest BCUT2D eigenvalue weighted by Gasteiger charge is -2.36. The SMILES string of the molecule is CC1(C)OC2[C@@H](/C(COC(c3ccccc3)(c3ccccc3)c3ccccc3)=N/O)O[C@H](OCc3ccccc3)[C@@H]2O1. The number of ether oxygens (including phenoxy) is 5. The summed E-state index contributed by atoms with van der Waals surface area (Å²) in [4.78, 5) is 0. The third-order valence-corrected chi connectivity index (χ3v) is 7.70. The van der Waals surface area contributed by atoms with Crippen LogP contribution in [0.1, 0.15) is 36.1 Å². The van der Waals surface area contributed by atoms with Crippen LogP contribution < -0.4 is 0 Å².